The van der Waals surface area contributed by atoms with E-state index in [-0.39, 0.29) is 11.3 Å². The summed E-state index contributed by atoms with van der Waals surface area (Å²) in [6, 6.07) is 5.31. The zero-order chi connectivity index (χ0) is 13.8. The molecule has 0 aromatic heterocycles. The van der Waals surface area contributed by atoms with Crippen LogP contribution in [0.5, 0.6) is 0 Å². The van der Waals surface area contributed by atoms with Crippen molar-refractivity contribution >= 4 is 16.7 Å². The standard InChI is InChI=1S/C11H12F3NO2S/c12-11(13,14)18(17)9-6-4-8(5-7-9)2-1-3-10(15)16/h4-7H,1-3H2,(H2,15,16). The summed E-state index contributed by atoms with van der Waals surface area (Å²) in [4.78, 5) is 10.2. The molecule has 1 aromatic carbocycles. The number of rotatable bonds is 5. The molecule has 1 atom stereocenters. The van der Waals surface area contributed by atoms with Gasteiger partial charge >= 0.3 is 5.51 Å². The molecule has 0 saturated carbocycles. The number of halogens is 3. The average Bonchev–Trinajstić information content (AvgIpc) is 2.27. The Hall–Kier alpha value is -1.37. The third-order valence-corrected chi connectivity index (χ3v) is 3.36. The monoisotopic (exact) mass is 279 g/mol. The lowest BCUT2D eigenvalue weighted by Gasteiger charge is -2.06. The SMILES string of the molecule is NC(=O)CCCc1ccc(S(=O)C(F)(F)F)cc1. The zero-order valence-corrected chi connectivity index (χ0v) is 10.2. The highest BCUT2D eigenvalue weighted by atomic mass is 32.2. The number of amides is 1. The largest absolute Gasteiger partial charge is 0.475 e. The van der Waals surface area contributed by atoms with Crippen LogP contribution in [0.25, 0.3) is 0 Å². The first-order chi connectivity index (χ1) is 8.30. The fourth-order valence-corrected chi connectivity index (χ4v) is 2.03. The number of nitrogens with two attached hydrogens (primary N) is 1. The van der Waals surface area contributed by atoms with Crippen LogP contribution in [0.3, 0.4) is 0 Å². The molecule has 0 aliphatic carbocycles. The van der Waals surface area contributed by atoms with Gasteiger partial charge in [-0.2, -0.15) is 13.2 Å². The number of alkyl halides is 3. The van der Waals surface area contributed by atoms with Crippen LogP contribution in [-0.2, 0) is 22.0 Å². The van der Waals surface area contributed by atoms with Gasteiger partial charge in [0.05, 0.1) is 0 Å². The number of primary amides is 1. The van der Waals surface area contributed by atoms with E-state index in [1.807, 2.05) is 0 Å². The molecule has 0 spiro atoms. The van der Waals surface area contributed by atoms with Crippen LogP contribution in [0.15, 0.2) is 29.2 Å². The summed E-state index contributed by atoms with van der Waals surface area (Å²) in [5.74, 6) is -0.412. The lowest BCUT2D eigenvalue weighted by atomic mass is 10.1. The molecule has 1 amide bonds. The average molecular weight is 279 g/mol. The van der Waals surface area contributed by atoms with Gasteiger partial charge in [-0.05, 0) is 30.5 Å². The number of carbonyl (C=O) groups is 1. The molecule has 2 N–H and O–H groups in total. The van der Waals surface area contributed by atoms with Crippen LogP contribution in [0.4, 0.5) is 13.2 Å². The predicted octanol–water partition coefficient (Wildman–Crippen LogP) is 2.12. The molecule has 1 unspecified atom stereocenters. The van der Waals surface area contributed by atoms with Crippen molar-refractivity contribution in [3.63, 3.8) is 0 Å². The van der Waals surface area contributed by atoms with Crippen molar-refractivity contribution in [3.05, 3.63) is 29.8 Å². The Bertz CT molecular complexity index is 443. The second-order valence-electron chi connectivity index (χ2n) is 3.68. The van der Waals surface area contributed by atoms with Crippen molar-refractivity contribution in [1.29, 1.82) is 0 Å². The van der Waals surface area contributed by atoms with Crippen LogP contribution >= 0.6 is 0 Å². The van der Waals surface area contributed by atoms with Gasteiger partial charge in [0, 0.05) is 11.3 Å². The van der Waals surface area contributed by atoms with Gasteiger partial charge in [-0.3, -0.25) is 4.79 Å². The van der Waals surface area contributed by atoms with Gasteiger partial charge < -0.3 is 5.73 Å². The number of hydrogen-bond acceptors (Lipinski definition) is 2. The van der Waals surface area contributed by atoms with E-state index in [1.54, 1.807) is 0 Å². The zero-order valence-electron chi connectivity index (χ0n) is 9.37. The van der Waals surface area contributed by atoms with Gasteiger partial charge in [-0.1, -0.05) is 12.1 Å². The van der Waals surface area contributed by atoms with Gasteiger partial charge in [0.1, 0.15) is 0 Å². The van der Waals surface area contributed by atoms with Gasteiger partial charge in [-0.15, -0.1) is 0 Å². The third kappa shape index (κ3) is 4.48. The molecule has 100 valence electrons. The Balaban J connectivity index is 2.63. The molecule has 3 nitrogen and oxygen atoms in total. The summed E-state index contributed by atoms with van der Waals surface area (Å²) in [6.07, 6.45) is 1.31. The van der Waals surface area contributed by atoms with E-state index in [0.29, 0.717) is 12.8 Å². The molecule has 7 heteroatoms. The first-order valence-corrected chi connectivity index (χ1v) is 6.31. The number of carbonyl (C=O) groups excluding carboxylic acids is 1. The van der Waals surface area contributed by atoms with E-state index < -0.39 is 22.2 Å². The van der Waals surface area contributed by atoms with Crippen LogP contribution in [0.2, 0.25) is 0 Å². The van der Waals surface area contributed by atoms with E-state index in [2.05, 4.69) is 0 Å². The lowest BCUT2D eigenvalue weighted by Crippen LogP contribution is -2.16. The van der Waals surface area contributed by atoms with E-state index in [9.17, 15) is 22.2 Å². The molecular formula is C11H12F3NO2S. The maximum Gasteiger partial charge on any atom is 0.475 e. The lowest BCUT2D eigenvalue weighted by molar-refractivity contribution is -0.118. The second kappa shape index (κ2) is 5.99. The molecule has 0 heterocycles. The minimum Gasteiger partial charge on any atom is -0.370 e. The summed E-state index contributed by atoms with van der Waals surface area (Å²) in [7, 11) is -3.00. The second-order valence-corrected chi connectivity index (χ2v) is 5.15. The first kappa shape index (κ1) is 14.7. The van der Waals surface area contributed by atoms with E-state index in [1.165, 1.54) is 24.3 Å². The van der Waals surface area contributed by atoms with Crippen LogP contribution in [-0.4, -0.2) is 15.6 Å². The molecule has 0 radical (unpaired) electrons. The minimum atomic E-state index is -4.74. The van der Waals surface area contributed by atoms with Gasteiger partial charge in [0.2, 0.25) is 5.91 Å². The maximum absolute atomic E-state index is 12.2. The molecule has 0 aliphatic rings. The summed E-state index contributed by atoms with van der Waals surface area (Å²) >= 11 is 0. The van der Waals surface area contributed by atoms with Gasteiger partial charge in [0.15, 0.2) is 10.8 Å². The van der Waals surface area contributed by atoms with Crippen molar-refractivity contribution in [2.24, 2.45) is 5.73 Å². The number of aryl methyl sites for hydroxylation is 1. The maximum atomic E-state index is 12.2. The van der Waals surface area contributed by atoms with Gasteiger partial charge in [0.25, 0.3) is 0 Å². The van der Waals surface area contributed by atoms with E-state index >= 15 is 0 Å². The highest BCUT2D eigenvalue weighted by Crippen LogP contribution is 2.26. The molecule has 18 heavy (non-hydrogen) atoms. The molecule has 1 aromatic rings. The smallest absolute Gasteiger partial charge is 0.370 e. The predicted molar refractivity (Wildman–Crippen MR) is 61.0 cm³/mol. The highest BCUT2D eigenvalue weighted by molar-refractivity contribution is 7.86. The van der Waals surface area contributed by atoms with Gasteiger partial charge in [-0.25, -0.2) is 4.21 Å². The van der Waals surface area contributed by atoms with Crippen molar-refractivity contribution in [2.45, 2.75) is 29.7 Å². The Morgan fingerprint density at radius 1 is 1.22 bits per heavy atom. The summed E-state index contributed by atoms with van der Waals surface area (Å²) in [6.45, 7) is 0. The van der Waals surface area contributed by atoms with Crippen molar-refractivity contribution in [2.75, 3.05) is 0 Å². The molecule has 0 saturated heterocycles. The topological polar surface area (TPSA) is 60.2 Å². The van der Waals surface area contributed by atoms with Crippen molar-refractivity contribution in [3.8, 4) is 0 Å². The summed E-state index contributed by atoms with van der Waals surface area (Å²) in [5.41, 5.74) is 0.999. The van der Waals surface area contributed by atoms with Crippen LogP contribution < -0.4 is 5.73 Å². The molecule has 0 bridgehead atoms. The molecule has 0 aliphatic heterocycles. The van der Waals surface area contributed by atoms with E-state index in [4.69, 9.17) is 5.73 Å². The summed E-state index contributed by atoms with van der Waals surface area (Å²) < 4.78 is 47.5. The normalized spacial score (nSPS) is 13.3. The van der Waals surface area contributed by atoms with Crippen LogP contribution in [0.1, 0.15) is 18.4 Å². The molecular weight excluding hydrogens is 267 g/mol. The number of hydrogen-bond donors (Lipinski definition) is 1. The highest BCUT2D eigenvalue weighted by Gasteiger charge is 2.37. The minimum absolute atomic E-state index is 0.232. The quantitative estimate of drug-likeness (QED) is 0.897. The Morgan fingerprint density at radius 3 is 2.22 bits per heavy atom. The first-order valence-electron chi connectivity index (χ1n) is 5.16. The van der Waals surface area contributed by atoms with Crippen molar-refractivity contribution < 1.29 is 22.2 Å². The third-order valence-electron chi connectivity index (χ3n) is 2.24. The molecule has 1 rings (SSSR count). The Labute approximate surface area is 105 Å². The number of benzene rings is 1. The van der Waals surface area contributed by atoms with E-state index in [0.717, 1.165) is 5.56 Å². The Kier molecular flexibility index (Phi) is 4.89. The summed E-state index contributed by atoms with van der Waals surface area (Å²) in [5, 5.41) is 0. The fraction of sp³-hybridized carbons (Fsp3) is 0.364. The van der Waals surface area contributed by atoms with Crippen molar-refractivity contribution in [1.82, 2.24) is 0 Å². The Morgan fingerprint density at radius 2 is 1.78 bits per heavy atom. The van der Waals surface area contributed by atoms with Crippen LogP contribution in [0, 0.1) is 0 Å². The fourth-order valence-electron chi connectivity index (χ4n) is 1.38. The molecule has 0 fully saturated rings.